The number of halogens is 1. The monoisotopic (exact) mass is 437 g/mol. The van der Waals surface area contributed by atoms with Crippen LogP contribution in [0.2, 0.25) is 0 Å². The van der Waals surface area contributed by atoms with Crippen LogP contribution in [0.1, 0.15) is 19.8 Å². The topological polar surface area (TPSA) is 67.0 Å². The molecule has 1 aromatic rings. The maximum Gasteiger partial charge on any atom is 0.191 e. The highest BCUT2D eigenvalue weighted by molar-refractivity contribution is 14.0. The van der Waals surface area contributed by atoms with Gasteiger partial charge in [0.1, 0.15) is 0 Å². The van der Waals surface area contributed by atoms with Crippen LogP contribution in [0.4, 0.5) is 5.13 Å². The Kier molecular flexibility index (Phi) is 6.27. The van der Waals surface area contributed by atoms with Gasteiger partial charge in [0.25, 0.3) is 0 Å². The SMILES string of the molecule is CC1(CN=C(N)N2CCN(c3nccs3)CC2)CCCO1.I. The number of rotatable bonds is 3. The van der Waals surface area contributed by atoms with Gasteiger partial charge in [-0.25, -0.2) is 4.98 Å². The Morgan fingerprint density at radius 1 is 1.45 bits per heavy atom. The van der Waals surface area contributed by atoms with Crippen LogP contribution in [-0.4, -0.2) is 60.8 Å². The predicted octanol–water partition coefficient (Wildman–Crippen LogP) is 1.77. The van der Waals surface area contributed by atoms with E-state index in [-0.39, 0.29) is 29.6 Å². The van der Waals surface area contributed by atoms with E-state index in [2.05, 4.69) is 26.7 Å². The van der Waals surface area contributed by atoms with Crippen LogP contribution < -0.4 is 10.6 Å². The third kappa shape index (κ3) is 4.23. The quantitative estimate of drug-likeness (QED) is 0.444. The number of nitrogens with two attached hydrogens (primary N) is 1. The fourth-order valence-electron chi connectivity index (χ4n) is 2.81. The summed E-state index contributed by atoms with van der Waals surface area (Å²) in [5.41, 5.74) is 6.02. The lowest BCUT2D eigenvalue weighted by Gasteiger charge is -2.35. The van der Waals surface area contributed by atoms with Crippen molar-refractivity contribution >= 4 is 46.4 Å². The van der Waals surface area contributed by atoms with Gasteiger partial charge in [0.15, 0.2) is 11.1 Å². The van der Waals surface area contributed by atoms with E-state index >= 15 is 0 Å². The first-order valence-electron chi connectivity index (χ1n) is 7.50. The zero-order valence-corrected chi connectivity index (χ0v) is 16.0. The van der Waals surface area contributed by atoms with Crippen LogP contribution in [0.5, 0.6) is 0 Å². The number of piperazine rings is 1. The molecule has 1 unspecified atom stereocenters. The summed E-state index contributed by atoms with van der Waals surface area (Å²) in [5, 5.41) is 3.11. The molecule has 0 radical (unpaired) electrons. The minimum Gasteiger partial charge on any atom is -0.373 e. The van der Waals surface area contributed by atoms with Crippen molar-refractivity contribution in [2.24, 2.45) is 10.7 Å². The average Bonchev–Trinajstić information content (AvgIpc) is 3.17. The Bertz CT molecular complexity index is 481. The van der Waals surface area contributed by atoms with Crippen LogP contribution >= 0.6 is 35.3 Å². The number of ether oxygens (including phenoxy) is 1. The van der Waals surface area contributed by atoms with Crippen molar-refractivity contribution < 1.29 is 4.74 Å². The third-order valence-electron chi connectivity index (χ3n) is 4.17. The summed E-state index contributed by atoms with van der Waals surface area (Å²) in [6.07, 6.45) is 4.05. The lowest BCUT2D eigenvalue weighted by Crippen LogP contribution is -2.51. The maximum atomic E-state index is 6.14. The van der Waals surface area contributed by atoms with E-state index < -0.39 is 0 Å². The zero-order valence-electron chi connectivity index (χ0n) is 12.9. The molecule has 0 saturated carbocycles. The molecule has 2 fully saturated rings. The summed E-state index contributed by atoms with van der Waals surface area (Å²) >= 11 is 1.68. The Morgan fingerprint density at radius 2 is 2.23 bits per heavy atom. The van der Waals surface area contributed by atoms with Crippen molar-refractivity contribution in [2.45, 2.75) is 25.4 Å². The van der Waals surface area contributed by atoms with Crippen molar-refractivity contribution in [3.63, 3.8) is 0 Å². The first-order chi connectivity index (χ1) is 10.2. The van der Waals surface area contributed by atoms with Crippen LogP contribution in [-0.2, 0) is 4.74 Å². The van der Waals surface area contributed by atoms with Crippen molar-refractivity contribution in [2.75, 3.05) is 44.2 Å². The van der Waals surface area contributed by atoms with Gasteiger partial charge in [-0.15, -0.1) is 35.3 Å². The van der Waals surface area contributed by atoms with Gasteiger partial charge in [-0.3, -0.25) is 4.99 Å². The number of aliphatic imine (C=N–C) groups is 1. The summed E-state index contributed by atoms with van der Waals surface area (Å²) in [7, 11) is 0. The number of guanidine groups is 1. The van der Waals surface area contributed by atoms with Gasteiger partial charge < -0.3 is 20.3 Å². The Hall–Kier alpha value is -0.610. The van der Waals surface area contributed by atoms with E-state index in [9.17, 15) is 0 Å². The highest BCUT2D eigenvalue weighted by Crippen LogP contribution is 2.25. The van der Waals surface area contributed by atoms with E-state index in [0.29, 0.717) is 12.5 Å². The van der Waals surface area contributed by atoms with Gasteiger partial charge in [-0.1, -0.05) is 0 Å². The first-order valence-corrected chi connectivity index (χ1v) is 8.38. The molecule has 22 heavy (non-hydrogen) atoms. The van der Waals surface area contributed by atoms with Crippen LogP contribution in [0.15, 0.2) is 16.6 Å². The molecule has 2 saturated heterocycles. The number of anilines is 1. The second kappa shape index (κ2) is 7.78. The zero-order chi connectivity index (χ0) is 14.7. The number of thiazole rings is 1. The average molecular weight is 437 g/mol. The maximum absolute atomic E-state index is 6.14. The molecular formula is C14H24IN5OS. The second-order valence-corrected chi connectivity index (χ2v) is 6.74. The van der Waals surface area contributed by atoms with Crippen LogP contribution in [0.3, 0.4) is 0 Å². The van der Waals surface area contributed by atoms with Gasteiger partial charge in [-0.2, -0.15) is 0 Å². The molecule has 3 heterocycles. The minimum absolute atomic E-state index is 0. The summed E-state index contributed by atoms with van der Waals surface area (Å²) in [6, 6.07) is 0. The van der Waals surface area contributed by atoms with E-state index in [4.69, 9.17) is 10.5 Å². The third-order valence-corrected chi connectivity index (χ3v) is 5.00. The lowest BCUT2D eigenvalue weighted by atomic mass is 10.0. The predicted molar refractivity (Wildman–Crippen MR) is 101 cm³/mol. The summed E-state index contributed by atoms with van der Waals surface area (Å²) in [6.45, 7) is 7.30. The van der Waals surface area contributed by atoms with Crippen molar-refractivity contribution in [3.8, 4) is 0 Å². The highest BCUT2D eigenvalue weighted by Gasteiger charge is 2.30. The Balaban J connectivity index is 0.00000176. The minimum atomic E-state index is -0.118. The molecule has 0 amide bonds. The number of aromatic nitrogens is 1. The van der Waals surface area contributed by atoms with Crippen molar-refractivity contribution in [1.82, 2.24) is 9.88 Å². The molecule has 0 bridgehead atoms. The molecule has 2 aliphatic heterocycles. The number of hydrogen-bond acceptors (Lipinski definition) is 5. The van der Waals surface area contributed by atoms with E-state index in [0.717, 1.165) is 50.8 Å². The molecule has 1 aromatic heterocycles. The molecule has 0 aromatic carbocycles. The fourth-order valence-corrected chi connectivity index (χ4v) is 3.51. The van der Waals surface area contributed by atoms with E-state index in [1.54, 1.807) is 11.3 Å². The highest BCUT2D eigenvalue weighted by atomic mass is 127. The lowest BCUT2D eigenvalue weighted by molar-refractivity contribution is 0.0282. The molecule has 0 aliphatic carbocycles. The molecule has 124 valence electrons. The normalized spacial score (nSPS) is 26.1. The van der Waals surface area contributed by atoms with E-state index in [1.165, 1.54) is 0 Å². The molecular weight excluding hydrogens is 413 g/mol. The van der Waals surface area contributed by atoms with Gasteiger partial charge >= 0.3 is 0 Å². The largest absolute Gasteiger partial charge is 0.373 e. The Labute approximate surface area is 152 Å². The van der Waals surface area contributed by atoms with Crippen LogP contribution in [0, 0.1) is 0 Å². The summed E-state index contributed by atoms with van der Waals surface area (Å²) < 4.78 is 5.75. The van der Waals surface area contributed by atoms with Crippen LogP contribution in [0.25, 0.3) is 0 Å². The van der Waals surface area contributed by atoms with Gasteiger partial charge in [0.2, 0.25) is 0 Å². The van der Waals surface area contributed by atoms with Crippen molar-refractivity contribution in [1.29, 1.82) is 0 Å². The second-order valence-electron chi connectivity index (χ2n) is 5.87. The van der Waals surface area contributed by atoms with Gasteiger partial charge in [-0.05, 0) is 19.8 Å². The first kappa shape index (κ1) is 17.7. The Morgan fingerprint density at radius 3 is 2.82 bits per heavy atom. The summed E-state index contributed by atoms with van der Waals surface area (Å²) in [5.74, 6) is 0.644. The molecule has 1 atom stereocenters. The number of nitrogens with zero attached hydrogens (tertiary/aromatic N) is 4. The molecule has 3 rings (SSSR count). The fraction of sp³-hybridized carbons (Fsp3) is 0.714. The smallest absolute Gasteiger partial charge is 0.191 e. The molecule has 0 spiro atoms. The van der Waals surface area contributed by atoms with E-state index in [1.807, 2.05) is 11.6 Å². The summed E-state index contributed by atoms with van der Waals surface area (Å²) in [4.78, 5) is 13.4. The molecule has 2 N–H and O–H groups in total. The van der Waals surface area contributed by atoms with Gasteiger partial charge in [0, 0.05) is 44.4 Å². The molecule has 8 heteroatoms. The number of hydrogen-bond donors (Lipinski definition) is 1. The van der Waals surface area contributed by atoms with Gasteiger partial charge in [0.05, 0.1) is 12.1 Å². The molecule has 6 nitrogen and oxygen atoms in total. The standard InChI is InChI=1S/C14H23N5OS.HI/c1-14(3-2-9-20-14)11-17-12(15)18-5-7-19(8-6-18)13-16-4-10-21-13;/h4,10H,2-3,5-9,11H2,1H3,(H2,15,17);1H. The van der Waals surface area contributed by atoms with Crippen molar-refractivity contribution in [3.05, 3.63) is 11.6 Å². The molecule has 2 aliphatic rings.